The molecule has 0 radical (unpaired) electrons. The Hall–Kier alpha value is -0.340. The van der Waals surface area contributed by atoms with Crippen LogP contribution in [0.1, 0.15) is 64.7 Å². The second-order valence-corrected chi connectivity index (χ2v) is 9.85. The molecular weight excluding hydrogens is 308 g/mol. The van der Waals surface area contributed by atoms with Gasteiger partial charge in [0.2, 0.25) is 0 Å². The normalized spacial score (nSPS) is 50.4. The largest absolute Gasteiger partial charge is 0.393 e. The van der Waals surface area contributed by atoms with Crippen molar-refractivity contribution in [2.75, 3.05) is 13.7 Å². The van der Waals surface area contributed by atoms with Gasteiger partial charge in [-0.15, -0.1) is 6.58 Å². The summed E-state index contributed by atoms with van der Waals surface area (Å²) in [6, 6.07) is 0. The van der Waals surface area contributed by atoms with Crippen molar-refractivity contribution in [2.24, 2.45) is 46.8 Å². The lowest BCUT2D eigenvalue weighted by atomic mass is 9.48. The molecule has 4 aliphatic rings. The van der Waals surface area contributed by atoms with Crippen molar-refractivity contribution in [2.45, 2.75) is 70.8 Å². The molecule has 4 aliphatic carbocycles. The lowest BCUT2D eigenvalue weighted by Crippen LogP contribution is -2.50. The van der Waals surface area contributed by atoms with Gasteiger partial charge >= 0.3 is 0 Å². The van der Waals surface area contributed by atoms with Gasteiger partial charge in [0.05, 0.1) is 6.10 Å². The maximum absolute atomic E-state index is 10.4. The van der Waals surface area contributed by atoms with Gasteiger partial charge in [0, 0.05) is 13.7 Å². The van der Waals surface area contributed by atoms with Crippen LogP contribution in [0.3, 0.4) is 0 Å². The number of hydrogen-bond acceptors (Lipinski definition) is 2. The van der Waals surface area contributed by atoms with Crippen molar-refractivity contribution < 1.29 is 9.84 Å². The van der Waals surface area contributed by atoms with Crippen molar-refractivity contribution >= 4 is 0 Å². The van der Waals surface area contributed by atoms with Crippen LogP contribution in [0.4, 0.5) is 0 Å². The van der Waals surface area contributed by atoms with Gasteiger partial charge in [-0.1, -0.05) is 6.08 Å². The maximum Gasteiger partial charge on any atom is 0.0548 e. The molecule has 0 aromatic heterocycles. The first-order valence-corrected chi connectivity index (χ1v) is 10.9. The van der Waals surface area contributed by atoms with Crippen molar-refractivity contribution in [1.29, 1.82) is 0 Å². The summed E-state index contributed by atoms with van der Waals surface area (Å²) in [7, 11) is 1.86. The summed E-state index contributed by atoms with van der Waals surface area (Å²) >= 11 is 0. The van der Waals surface area contributed by atoms with Crippen LogP contribution in [-0.4, -0.2) is 24.9 Å². The Morgan fingerprint density at radius 1 is 1.08 bits per heavy atom. The number of fused-ring (bicyclic) bond motifs is 5. The van der Waals surface area contributed by atoms with Gasteiger partial charge in [-0.2, -0.15) is 0 Å². The minimum absolute atomic E-state index is 0.180. The van der Waals surface area contributed by atoms with E-state index in [0.29, 0.717) is 5.92 Å². The van der Waals surface area contributed by atoms with Gasteiger partial charge in [-0.25, -0.2) is 0 Å². The molecule has 0 amide bonds. The molecule has 2 nitrogen and oxygen atoms in total. The zero-order chi connectivity index (χ0) is 17.6. The van der Waals surface area contributed by atoms with E-state index in [1.807, 2.05) is 14.0 Å². The van der Waals surface area contributed by atoms with E-state index in [1.54, 1.807) is 0 Å². The van der Waals surface area contributed by atoms with Gasteiger partial charge in [0.15, 0.2) is 0 Å². The fourth-order valence-electron chi connectivity index (χ4n) is 8.20. The van der Waals surface area contributed by atoms with E-state index in [2.05, 4.69) is 12.7 Å². The van der Waals surface area contributed by atoms with Crippen LogP contribution in [0.5, 0.6) is 0 Å². The number of hydrogen-bond donors (Lipinski definition) is 1. The van der Waals surface area contributed by atoms with Crippen LogP contribution < -0.4 is 0 Å². The minimum atomic E-state index is -0.180. The third-order valence-corrected chi connectivity index (χ3v) is 9.08. The summed E-state index contributed by atoms with van der Waals surface area (Å²) in [4.78, 5) is 0. The monoisotopic (exact) mass is 346 g/mol. The van der Waals surface area contributed by atoms with Crippen LogP contribution in [0, 0.1) is 46.8 Å². The summed E-state index contributed by atoms with van der Waals surface area (Å²) in [6.45, 7) is 7.26. The van der Waals surface area contributed by atoms with Gasteiger partial charge in [0.25, 0.3) is 0 Å². The molecule has 0 saturated heterocycles. The van der Waals surface area contributed by atoms with Crippen molar-refractivity contribution in [3.05, 3.63) is 12.7 Å². The number of methoxy groups -OCH3 is 1. The van der Waals surface area contributed by atoms with Crippen LogP contribution in [0.25, 0.3) is 0 Å². The fraction of sp³-hybridized carbons (Fsp3) is 0.913. The molecule has 142 valence electrons. The molecule has 0 bridgehead atoms. The Labute approximate surface area is 154 Å². The molecule has 0 aliphatic heterocycles. The van der Waals surface area contributed by atoms with E-state index in [4.69, 9.17) is 4.74 Å². The third kappa shape index (κ3) is 2.83. The summed E-state index contributed by atoms with van der Waals surface area (Å²) in [5, 5.41) is 10.4. The first kappa shape index (κ1) is 18.0. The molecule has 9 unspecified atom stereocenters. The fourth-order valence-corrected chi connectivity index (χ4v) is 8.20. The third-order valence-electron chi connectivity index (χ3n) is 9.08. The Bertz CT molecular complexity index is 486. The summed E-state index contributed by atoms with van der Waals surface area (Å²) in [5.74, 6) is 5.83. The lowest BCUT2D eigenvalue weighted by Gasteiger charge is -2.56. The average Bonchev–Trinajstić information content (AvgIpc) is 3.02. The van der Waals surface area contributed by atoms with E-state index in [9.17, 15) is 5.11 Å². The van der Waals surface area contributed by atoms with E-state index in [-0.39, 0.29) is 11.5 Å². The summed E-state index contributed by atoms with van der Waals surface area (Å²) < 4.78 is 5.45. The quantitative estimate of drug-likeness (QED) is 0.721. The second kappa shape index (κ2) is 7.00. The van der Waals surface area contributed by atoms with E-state index in [0.717, 1.165) is 42.1 Å². The smallest absolute Gasteiger partial charge is 0.0548 e. The van der Waals surface area contributed by atoms with Crippen molar-refractivity contribution in [1.82, 2.24) is 0 Å². The standard InChI is InChI=1S/C23H38O2/c1-4-23-12-11-19-18-7-5-16(14-25-3)13-17(18)6-8-20(19)22(23)10-9-21(23)15(2)24/h4,15-22,24H,1,5-14H2,2-3H3. The summed E-state index contributed by atoms with van der Waals surface area (Å²) in [5.41, 5.74) is 0.232. The van der Waals surface area contributed by atoms with Gasteiger partial charge in [-0.3, -0.25) is 0 Å². The SMILES string of the molecule is C=CC12CCC3C4CCC(COC)CC4CCC3C1CCC2C(C)O. The first-order chi connectivity index (χ1) is 12.1. The highest BCUT2D eigenvalue weighted by molar-refractivity contribution is 5.14. The predicted octanol–water partition coefficient (Wildman–Crippen LogP) is 5.06. The Balaban J connectivity index is 1.52. The zero-order valence-corrected chi connectivity index (χ0v) is 16.3. The van der Waals surface area contributed by atoms with Gasteiger partial charge in [0.1, 0.15) is 0 Å². The molecule has 25 heavy (non-hydrogen) atoms. The molecule has 4 saturated carbocycles. The van der Waals surface area contributed by atoms with Crippen LogP contribution in [0.15, 0.2) is 12.7 Å². The van der Waals surface area contributed by atoms with Crippen molar-refractivity contribution in [3.63, 3.8) is 0 Å². The molecule has 4 fully saturated rings. The number of aliphatic hydroxyl groups is 1. The first-order valence-electron chi connectivity index (χ1n) is 10.9. The molecule has 0 heterocycles. The highest BCUT2D eigenvalue weighted by atomic mass is 16.5. The highest BCUT2D eigenvalue weighted by Gasteiger charge is 2.58. The van der Waals surface area contributed by atoms with Crippen LogP contribution >= 0.6 is 0 Å². The van der Waals surface area contributed by atoms with Gasteiger partial charge in [-0.05, 0) is 112 Å². The topological polar surface area (TPSA) is 29.5 Å². The molecule has 1 N–H and O–H groups in total. The molecule has 9 atom stereocenters. The molecule has 0 spiro atoms. The van der Waals surface area contributed by atoms with Crippen LogP contribution in [-0.2, 0) is 4.74 Å². The number of aliphatic hydroxyl groups excluding tert-OH is 1. The zero-order valence-electron chi connectivity index (χ0n) is 16.3. The molecule has 0 aromatic rings. The highest BCUT2D eigenvalue weighted by Crippen LogP contribution is 2.65. The summed E-state index contributed by atoms with van der Waals surface area (Å²) in [6.07, 6.45) is 14.4. The molecule has 0 aromatic carbocycles. The second-order valence-electron chi connectivity index (χ2n) is 9.85. The lowest BCUT2D eigenvalue weighted by molar-refractivity contribution is -0.0728. The average molecular weight is 347 g/mol. The maximum atomic E-state index is 10.4. The van der Waals surface area contributed by atoms with Crippen molar-refractivity contribution in [3.8, 4) is 0 Å². The van der Waals surface area contributed by atoms with Crippen LogP contribution in [0.2, 0.25) is 0 Å². The number of allylic oxidation sites excluding steroid dienone is 1. The predicted molar refractivity (Wildman–Crippen MR) is 102 cm³/mol. The van der Waals surface area contributed by atoms with E-state index < -0.39 is 0 Å². The number of ether oxygens (including phenoxy) is 1. The molecular formula is C23H38O2. The molecule has 2 heteroatoms. The minimum Gasteiger partial charge on any atom is -0.393 e. The van der Waals surface area contributed by atoms with E-state index in [1.165, 1.54) is 57.8 Å². The Morgan fingerprint density at radius 2 is 1.88 bits per heavy atom. The Kier molecular flexibility index (Phi) is 5.05. The van der Waals surface area contributed by atoms with Gasteiger partial charge < -0.3 is 9.84 Å². The van der Waals surface area contributed by atoms with E-state index >= 15 is 0 Å². The number of rotatable bonds is 4. The molecule has 4 rings (SSSR count). The Morgan fingerprint density at radius 3 is 2.60 bits per heavy atom.